The number of hydrogen-bond donors (Lipinski definition) is 2. The maximum absolute atomic E-state index is 13.9. The fourth-order valence-corrected chi connectivity index (χ4v) is 3.15. The molecule has 0 spiro atoms. The van der Waals surface area contributed by atoms with Crippen LogP contribution in [-0.4, -0.2) is 47.2 Å². The molecule has 0 saturated carbocycles. The van der Waals surface area contributed by atoms with E-state index < -0.39 is 21.7 Å². The summed E-state index contributed by atoms with van der Waals surface area (Å²) in [5.74, 6) is -1.46. The highest BCUT2D eigenvalue weighted by molar-refractivity contribution is 7.89. The van der Waals surface area contributed by atoms with Crippen LogP contribution in [0.2, 0.25) is 0 Å². The molecule has 1 saturated heterocycles. The van der Waals surface area contributed by atoms with Crippen molar-refractivity contribution in [2.45, 2.75) is 23.8 Å². The van der Waals surface area contributed by atoms with Gasteiger partial charge in [0.1, 0.15) is 0 Å². The van der Waals surface area contributed by atoms with Gasteiger partial charge >= 0.3 is 0 Å². The van der Waals surface area contributed by atoms with E-state index in [2.05, 4.69) is 10.0 Å². The van der Waals surface area contributed by atoms with E-state index >= 15 is 0 Å². The van der Waals surface area contributed by atoms with Crippen molar-refractivity contribution in [1.82, 2.24) is 10.0 Å². The van der Waals surface area contributed by atoms with E-state index in [1.165, 1.54) is 19.2 Å². The predicted octanol–water partition coefficient (Wildman–Crippen LogP) is 0.408. The van der Waals surface area contributed by atoms with Crippen molar-refractivity contribution in [2.75, 3.05) is 26.8 Å². The number of benzene rings is 1. The molecule has 0 radical (unpaired) electrons. The lowest BCUT2D eigenvalue weighted by atomic mass is 10.2. The maximum Gasteiger partial charge on any atom is 0.257 e. The minimum atomic E-state index is -3.83. The highest BCUT2D eigenvalue weighted by atomic mass is 32.2. The first-order valence-corrected chi connectivity index (χ1v) is 8.65. The Morgan fingerprint density at radius 2 is 2.26 bits per heavy atom. The highest BCUT2D eigenvalue weighted by Gasteiger charge is 2.21. The molecule has 0 aromatic heterocycles. The molecule has 0 bridgehead atoms. The number of carbonyl (C=O) groups is 1. The minimum absolute atomic E-state index is 0.148. The van der Waals surface area contributed by atoms with Crippen LogP contribution in [0, 0.1) is 5.82 Å². The summed E-state index contributed by atoms with van der Waals surface area (Å²) in [6, 6.07) is 3.26. The summed E-state index contributed by atoms with van der Waals surface area (Å²) in [6.07, 6.45) is 1.55. The average Bonchev–Trinajstić information content (AvgIpc) is 3.05. The molecule has 1 amide bonds. The molecule has 2 rings (SSSR count). The molecule has 1 aliphatic heterocycles. The van der Waals surface area contributed by atoms with Crippen molar-refractivity contribution in [3.05, 3.63) is 24.0 Å². The van der Waals surface area contributed by atoms with Crippen molar-refractivity contribution in [2.24, 2.45) is 0 Å². The Bertz CT molecular complexity index is 659. The Balaban J connectivity index is 2.01. The first kappa shape index (κ1) is 17.6. The van der Waals surface area contributed by atoms with Crippen LogP contribution < -0.4 is 14.8 Å². The minimum Gasteiger partial charge on any atom is -0.481 e. The average molecular weight is 346 g/mol. The van der Waals surface area contributed by atoms with E-state index in [9.17, 15) is 17.6 Å². The number of ether oxygens (including phenoxy) is 2. The maximum atomic E-state index is 13.9. The van der Waals surface area contributed by atoms with Crippen LogP contribution in [0.5, 0.6) is 5.75 Å². The van der Waals surface area contributed by atoms with Crippen molar-refractivity contribution >= 4 is 15.9 Å². The van der Waals surface area contributed by atoms with Crippen LogP contribution in [0.4, 0.5) is 4.39 Å². The van der Waals surface area contributed by atoms with E-state index in [-0.39, 0.29) is 29.9 Å². The van der Waals surface area contributed by atoms with Gasteiger partial charge in [0.15, 0.2) is 18.2 Å². The lowest BCUT2D eigenvalue weighted by molar-refractivity contribution is -0.122. The van der Waals surface area contributed by atoms with Crippen LogP contribution >= 0.6 is 0 Å². The third kappa shape index (κ3) is 4.88. The van der Waals surface area contributed by atoms with E-state index in [0.717, 1.165) is 18.9 Å². The standard InChI is InChI=1S/C14H19FN2O5S/c1-16-14(18)9-22-13-5-4-11(7-12(13)15)23(19,20)17-8-10-3-2-6-21-10/h4-5,7,10,17H,2-3,6,8-9H2,1H3,(H,16,18)/t10-/m0/s1. The monoisotopic (exact) mass is 346 g/mol. The zero-order chi connectivity index (χ0) is 16.9. The molecule has 1 atom stereocenters. The number of likely N-dealkylation sites (N-methyl/N-ethyl adjacent to an activating group) is 1. The molecule has 1 aliphatic rings. The third-order valence-corrected chi connectivity index (χ3v) is 4.80. The second-order valence-corrected chi connectivity index (χ2v) is 6.81. The van der Waals surface area contributed by atoms with Crippen LogP contribution in [-0.2, 0) is 19.6 Å². The zero-order valence-electron chi connectivity index (χ0n) is 12.7. The molecule has 128 valence electrons. The molecular weight excluding hydrogens is 327 g/mol. The fourth-order valence-electron chi connectivity index (χ4n) is 2.07. The smallest absolute Gasteiger partial charge is 0.257 e. The van der Waals surface area contributed by atoms with Crippen molar-refractivity contribution < 1.29 is 27.1 Å². The van der Waals surface area contributed by atoms with Crippen LogP contribution in [0.15, 0.2) is 23.1 Å². The van der Waals surface area contributed by atoms with E-state index in [4.69, 9.17) is 9.47 Å². The lowest BCUT2D eigenvalue weighted by Crippen LogP contribution is -2.31. The van der Waals surface area contributed by atoms with Gasteiger partial charge in [-0.3, -0.25) is 4.79 Å². The van der Waals surface area contributed by atoms with Gasteiger partial charge in [0.25, 0.3) is 5.91 Å². The normalized spacial score (nSPS) is 17.9. The molecule has 1 fully saturated rings. The van der Waals surface area contributed by atoms with Gasteiger partial charge in [-0.05, 0) is 31.0 Å². The molecule has 23 heavy (non-hydrogen) atoms. The fraction of sp³-hybridized carbons (Fsp3) is 0.500. The number of amides is 1. The summed E-state index contributed by atoms with van der Waals surface area (Å²) in [5.41, 5.74) is 0. The van der Waals surface area contributed by atoms with Gasteiger partial charge in [0.2, 0.25) is 10.0 Å². The molecule has 0 aliphatic carbocycles. The summed E-state index contributed by atoms with van der Waals surface area (Å²) in [6.45, 7) is 0.425. The Kier molecular flexibility index (Phi) is 5.91. The SMILES string of the molecule is CNC(=O)COc1ccc(S(=O)(=O)NC[C@@H]2CCCO2)cc1F. The number of sulfonamides is 1. The van der Waals surface area contributed by atoms with Crippen molar-refractivity contribution in [1.29, 1.82) is 0 Å². The molecule has 7 nitrogen and oxygen atoms in total. The number of nitrogens with one attached hydrogen (secondary N) is 2. The molecular formula is C14H19FN2O5S. The van der Waals surface area contributed by atoms with Gasteiger partial charge in [-0.25, -0.2) is 17.5 Å². The topological polar surface area (TPSA) is 93.7 Å². The van der Waals surface area contributed by atoms with Gasteiger partial charge in [-0.2, -0.15) is 0 Å². The summed E-state index contributed by atoms with van der Waals surface area (Å²) in [4.78, 5) is 10.8. The van der Waals surface area contributed by atoms with Gasteiger partial charge in [-0.15, -0.1) is 0 Å². The number of hydrogen-bond acceptors (Lipinski definition) is 5. The second kappa shape index (κ2) is 7.71. The van der Waals surface area contributed by atoms with Crippen molar-refractivity contribution in [3.8, 4) is 5.75 Å². The molecule has 1 aromatic carbocycles. The largest absolute Gasteiger partial charge is 0.481 e. The Labute approximate surface area is 134 Å². The Hall–Kier alpha value is -1.71. The van der Waals surface area contributed by atoms with Gasteiger partial charge in [0, 0.05) is 20.2 Å². The molecule has 0 unspecified atom stereocenters. The molecule has 1 aromatic rings. The van der Waals surface area contributed by atoms with Crippen LogP contribution in [0.1, 0.15) is 12.8 Å². The summed E-state index contributed by atoms with van der Waals surface area (Å²) < 4.78 is 50.9. The first-order valence-electron chi connectivity index (χ1n) is 7.16. The third-order valence-electron chi connectivity index (χ3n) is 3.38. The summed E-state index contributed by atoms with van der Waals surface area (Å²) in [7, 11) is -2.40. The lowest BCUT2D eigenvalue weighted by Gasteiger charge is -2.12. The molecule has 2 N–H and O–H groups in total. The van der Waals surface area contributed by atoms with Crippen LogP contribution in [0.25, 0.3) is 0 Å². The highest BCUT2D eigenvalue weighted by Crippen LogP contribution is 2.21. The summed E-state index contributed by atoms with van der Waals surface area (Å²) in [5, 5.41) is 2.33. The zero-order valence-corrected chi connectivity index (χ0v) is 13.5. The van der Waals surface area contributed by atoms with Gasteiger partial charge in [0.05, 0.1) is 11.0 Å². The Morgan fingerprint density at radius 3 is 2.87 bits per heavy atom. The number of rotatable bonds is 7. The first-order chi connectivity index (χ1) is 10.9. The molecule has 1 heterocycles. The van der Waals surface area contributed by atoms with Crippen molar-refractivity contribution in [3.63, 3.8) is 0 Å². The van der Waals surface area contributed by atoms with Crippen LogP contribution in [0.3, 0.4) is 0 Å². The Morgan fingerprint density at radius 1 is 1.48 bits per heavy atom. The quantitative estimate of drug-likeness (QED) is 0.746. The van der Waals surface area contributed by atoms with E-state index in [0.29, 0.717) is 6.61 Å². The molecule has 9 heteroatoms. The summed E-state index contributed by atoms with van der Waals surface area (Å²) >= 11 is 0. The van der Waals surface area contributed by atoms with E-state index in [1.807, 2.05) is 0 Å². The number of carbonyl (C=O) groups excluding carboxylic acids is 1. The second-order valence-electron chi connectivity index (χ2n) is 5.04. The number of halogens is 1. The van der Waals surface area contributed by atoms with Gasteiger partial charge in [-0.1, -0.05) is 0 Å². The van der Waals surface area contributed by atoms with Gasteiger partial charge < -0.3 is 14.8 Å². The predicted molar refractivity (Wildman–Crippen MR) is 80.1 cm³/mol. The van der Waals surface area contributed by atoms with E-state index in [1.54, 1.807) is 0 Å².